The van der Waals surface area contributed by atoms with Gasteiger partial charge in [0.05, 0.1) is 12.2 Å². The van der Waals surface area contributed by atoms with E-state index in [-0.39, 0.29) is 12.2 Å². The lowest BCUT2D eigenvalue weighted by Gasteiger charge is -2.24. The van der Waals surface area contributed by atoms with E-state index in [1.165, 1.54) is 5.56 Å². The monoisotopic (exact) mass is 192 g/mol. The molecule has 78 valence electrons. The predicted octanol–water partition coefficient (Wildman–Crippen LogP) is 3.81. The molecule has 0 saturated carbocycles. The van der Waals surface area contributed by atoms with Gasteiger partial charge in [0.1, 0.15) is 0 Å². The standard InChI is InChI=1S/C13H20O/c1-10(2)13(14-11(3)4)12-8-6-5-7-9-12/h5-11,13H,1-4H3/t13-/m0/s1. The Hall–Kier alpha value is -0.820. The van der Waals surface area contributed by atoms with Crippen molar-refractivity contribution in [2.45, 2.75) is 39.9 Å². The quantitative estimate of drug-likeness (QED) is 0.705. The molecule has 1 rings (SSSR count). The first kappa shape index (κ1) is 11.3. The Morgan fingerprint density at radius 2 is 1.50 bits per heavy atom. The van der Waals surface area contributed by atoms with Gasteiger partial charge in [0.25, 0.3) is 0 Å². The third-order valence-electron chi connectivity index (χ3n) is 2.15. The highest BCUT2D eigenvalue weighted by Gasteiger charge is 2.16. The summed E-state index contributed by atoms with van der Waals surface area (Å²) < 4.78 is 5.90. The van der Waals surface area contributed by atoms with Gasteiger partial charge in [-0.2, -0.15) is 0 Å². The van der Waals surface area contributed by atoms with Crippen molar-refractivity contribution in [2.75, 3.05) is 0 Å². The fraction of sp³-hybridized carbons (Fsp3) is 0.538. The van der Waals surface area contributed by atoms with Crippen LogP contribution < -0.4 is 0 Å². The molecule has 1 atom stereocenters. The summed E-state index contributed by atoms with van der Waals surface area (Å²) in [5.74, 6) is 0.514. The lowest BCUT2D eigenvalue weighted by molar-refractivity contribution is -0.0199. The molecule has 0 N–H and O–H groups in total. The maximum atomic E-state index is 5.90. The summed E-state index contributed by atoms with van der Waals surface area (Å²) in [6.07, 6.45) is 0.499. The summed E-state index contributed by atoms with van der Waals surface area (Å²) in [7, 11) is 0. The summed E-state index contributed by atoms with van der Waals surface area (Å²) in [6.45, 7) is 8.55. The molecule has 0 heterocycles. The van der Waals surface area contributed by atoms with Gasteiger partial charge < -0.3 is 4.74 Å². The lowest BCUT2D eigenvalue weighted by Crippen LogP contribution is -2.15. The molecule has 0 aliphatic carbocycles. The summed E-state index contributed by atoms with van der Waals surface area (Å²) in [6, 6.07) is 10.4. The van der Waals surface area contributed by atoms with Gasteiger partial charge in [-0.05, 0) is 25.3 Å². The maximum absolute atomic E-state index is 5.90. The van der Waals surface area contributed by atoms with Crippen LogP contribution in [0, 0.1) is 5.92 Å². The predicted molar refractivity (Wildman–Crippen MR) is 60.2 cm³/mol. The number of rotatable bonds is 4. The fourth-order valence-electron chi connectivity index (χ4n) is 1.56. The van der Waals surface area contributed by atoms with E-state index in [0.717, 1.165) is 0 Å². The van der Waals surface area contributed by atoms with Gasteiger partial charge in [-0.1, -0.05) is 44.2 Å². The van der Waals surface area contributed by atoms with Crippen molar-refractivity contribution in [2.24, 2.45) is 5.92 Å². The average molecular weight is 192 g/mol. The van der Waals surface area contributed by atoms with Gasteiger partial charge >= 0.3 is 0 Å². The van der Waals surface area contributed by atoms with E-state index < -0.39 is 0 Å². The van der Waals surface area contributed by atoms with Crippen LogP contribution in [0.5, 0.6) is 0 Å². The van der Waals surface area contributed by atoms with E-state index in [1.807, 2.05) is 6.07 Å². The van der Waals surface area contributed by atoms with Crippen LogP contribution in [-0.2, 0) is 4.74 Å². The highest BCUT2D eigenvalue weighted by molar-refractivity contribution is 5.18. The van der Waals surface area contributed by atoms with Crippen molar-refractivity contribution in [3.8, 4) is 0 Å². The summed E-state index contributed by atoms with van der Waals surface area (Å²) in [5.41, 5.74) is 1.27. The number of benzene rings is 1. The SMILES string of the molecule is CC(C)O[C@H](c1ccccc1)C(C)C. The smallest absolute Gasteiger partial charge is 0.0851 e. The van der Waals surface area contributed by atoms with Crippen LogP contribution in [0.25, 0.3) is 0 Å². The van der Waals surface area contributed by atoms with Crippen molar-refractivity contribution in [3.05, 3.63) is 35.9 Å². The highest BCUT2D eigenvalue weighted by Crippen LogP contribution is 2.26. The van der Waals surface area contributed by atoms with Gasteiger partial charge in [0.2, 0.25) is 0 Å². The number of hydrogen-bond acceptors (Lipinski definition) is 1. The Kier molecular flexibility index (Phi) is 4.15. The molecular weight excluding hydrogens is 172 g/mol. The molecule has 1 nitrogen and oxygen atoms in total. The molecule has 0 aliphatic rings. The number of ether oxygens (including phenoxy) is 1. The molecule has 0 saturated heterocycles. The third-order valence-corrected chi connectivity index (χ3v) is 2.15. The van der Waals surface area contributed by atoms with Crippen molar-refractivity contribution in [1.82, 2.24) is 0 Å². The van der Waals surface area contributed by atoms with Crippen LogP contribution in [-0.4, -0.2) is 6.10 Å². The lowest BCUT2D eigenvalue weighted by atomic mass is 9.99. The van der Waals surface area contributed by atoms with Gasteiger partial charge in [-0.3, -0.25) is 0 Å². The second-order valence-corrected chi connectivity index (χ2v) is 4.26. The van der Waals surface area contributed by atoms with E-state index in [9.17, 15) is 0 Å². The first-order chi connectivity index (χ1) is 6.61. The second kappa shape index (κ2) is 5.16. The first-order valence-corrected chi connectivity index (χ1v) is 5.31. The van der Waals surface area contributed by atoms with Crippen molar-refractivity contribution in [1.29, 1.82) is 0 Å². The van der Waals surface area contributed by atoms with Crippen LogP contribution in [0.4, 0.5) is 0 Å². The Balaban J connectivity index is 2.78. The molecule has 0 radical (unpaired) electrons. The third kappa shape index (κ3) is 3.15. The molecule has 0 bridgehead atoms. The van der Waals surface area contributed by atoms with Crippen molar-refractivity contribution in [3.63, 3.8) is 0 Å². The summed E-state index contributed by atoms with van der Waals surface area (Å²) >= 11 is 0. The van der Waals surface area contributed by atoms with E-state index in [1.54, 1.807) is 0 Å². The van der Waals surface area contributed by atoms with Gasteiger partial charge in [0.15, 0.2) is 0 Å². The highest BCUT2D eigenvalue weighted by atomic mass is 16.5. The minimum atomic E-state index is 0.219. The molecule has 0 aliphatic heterocycles. The topological polar surface area (TPSA) is 9.23 Å². The minimum Gasteiger partial charge on any atom is -0.371 e. The fourth-order valence-corrected chi connectivity index (χ4v) is 1.56. The zero-order valence-electron chi connectivity index (χ0n) is 9.53. The minimum absolute atomic E-state index is 0.219. The Morgan fingerprint density at radius 1 is 0.929 bits per heavy atom. The average Bonchev–Trinajstić information content (AvgIpc) is 2.15. The van der Waals surface area contributed by atoms with Crippen LogP contribution in [0.3, 0.4) is 0 Å². The molecule has 1 heteroatoms. The largest absolute Gasteiger partial charge is 0.371 e. The normalized spacial score (nSPS) is 13.6. The Bertz CT molecular complexity index is 251. The van der Waals surface area contributed by atoms with E-state index >= 15 is 0 Å². The summed E-state index contributed by atoms with van der Waals surface area (Å²) in [4.78, 5) is 0. The van der Waals surface area contributed by atoms with Gasteiger partial charge in [0, 0.05) is 0 Å². The Morgan fingerprint density at radius 3 is 1.93 bits per heavy atom. The van der Waals surface area contributed by atoms with Crippen LogP contribution in [0.1, 0.15) is 39.4 Å². The zero-order chi connectivity index (χ0) is 10.6. The van der Waals surface area contributed by atoms with Crippen LogP contribution in [0.15, 0.2) is 30.3 Å². The molecule has 0 aromatic heterocycles. The van der Waals surface area contributed by atoms with Crippen LogP contribution >= 0.6 is 0 Å². The molecule has 0 amide bonds. The number of hydrogen-bond donors (Lipinski definition) is 0. The molecule has 0 fully saturated rings. The van der Waals surface area contributed by atoms with E-state index in [0.29, 0.717) is 5.92 Å². The van der Waals surface area contributed by atoms with Crippen LogP contribution in [0.2, 0.25) is 0 Å². The van der Waals surface area contributed by atoms with Gasteiger partial charge in [-0.25, -0.2) is 0 Å². The second-order valence-electron chi connectivity index (χ2n) is 4.26. The van der Waals surface area contributed by atoms with E-state index in [4.69, 9.17) is 4.74 Å². The molecule has 0 unspecified atom stereocenters. The van der Waals surface area contributed by atoms with Crippen molar-refractivity contribution < 1.29 is 4.74 Å². The molecule has 1 aromatic rings. The Labute approximate surface area is 87.1 Å². The van der Waals surface area contributed by atoms with Crippen molar-refractivity contribution >= 4 is 0 Å². The molecule has 1 aromatic carbocycles. The summed E-state index contributed by atoms with van der Waals surface area (Å²) in [5, 5.41) is 0. The van der Waals surface area contributed by atoms with E-state index in [2.05, 4.69) is 52.0 Å². The molecule has 14 heavy (non-hydrogen) atoms. The zero-order valence-corrected chi connectivity index (χ0v) is 9.53. The first-order valence-electron chi connectivity index (χ1n) is 5.31. The van der Waals surface area contributed by atoms with Gasteiger partial charge in [-0.15, -0.1) is 0 Å². The maximum Gasteiger partial charge on any atom is 0.0851 e. The molecule has 0 spiro atoms. The molecular formula is C13H20O.